The van der Waals surface area contributed by atoms with Crippen LogP contribution in [0.15, 0.2) is 42.5 Å². The maximum absolute atomic E-state index is 6.04. The lowest BCUT2D eigenvalue weighted by molar-refractivity contribution is 0.414. The molecule has 0 fully saturated rings. The van der Waals surface area contributed by atoms with Gasteiger partial charge in [-0.3, -0.25) is 0 Å². The molecule has 2 aromatic carbocycles. The van der Waals surface area contributed by atoms with Crippen LogP contribution in [0.4, 0.5) is 17.1 Å². The van der Waals surface area contributed by atoms with Gasteiger partial charge >= 0.3 is 0 Å². The third-order valence-electron chi connectivity index (χ3n) is 3.05. The highest BCUT2D eigenvalue weighted by molar-refractivity contribution is 5.78. The highest BCUT2D eigenvalue weighted by atomic mass is 16.5. The summed E-state index contributed by atoms with van der Waals surface area (Å²) in [6.45, 7) is 0. The number of methoxy groups -OCH3 is 2. The molecule has 0 bridgehead atoms. The number of hydrogen-bond acceptors (Lipinski definition) is 4. The molecule has 0 saturated carbocycles. The molecule has 2 aromatic rings. The molecule has 0 radical (unpaired) electrons. The smallest absolute Gasteiger partial charge is 0.142 e. The Morgan fingerprint density at radius 3 is 2.37 bits per heavy atom. The molecule has 0 saturated heterocycles. The van der Waals surface area contributed by atoms with E-state index < -0.39 is 0 Å². The van der Waals surface area contributed by atoms with Crippen LogP contribution in [0, 0.1) is 0 Å². The first-order valence-corrected chi connectivity index (χ1v) is 5.97. The second kappa shape index (κ2) is 5.52. The summed E-state index contributed by atoms with van der Waals surface area (Å²) >= 11 is 0. The van der Waals surface area contributed by atoms with Gasteiger partial charge in [-0.1, -0.05) is 12.1 Å². The number of benzene rings is 2. The van der Waals surface area contributed by atoms with Crippen LogP contribution in [-0.4, -0.2) is 21.3 Å². The topological polar surface area (TPSA) is 47.7 Å². The Morgan fingerprint density at radius 1 is 0.947 bits per heavy atom. The highest BCUT2D eigenvalue weighted by Gasteiger charge is 2.12. The zero-order chi connectivity index (χ0) is 13.8. The third kappa shape index (κ3) is 2.57. The van der Waals surface area contributed by atoms with Crippen LogP contribution in [0.3, 0.4) is 0 Å². The molecule has 2 N–H and O–H groups in total. The molecule has 0 heterocycles. The number of nitrogen functional groups attached to an aromatic ring is 1. The molecule has 0 aromatic heterocycles. The van der Waals surface area contributed by atoms with Crippen LogP contribution in [0.2, 0.25) is 0 Å². The Bertz CT molecular complexity index is 570. The first-order chi connectivity index (χ1) is 9.17. The first kappa shape index (κ1) is 13.1. The van der Waals surface area contributed by atoms with Crippen LogP contribution >= 0.6 is 0 Å². The normalized spacial score (nSPS) is 10.1. The maximum atomic E-state index is 6.04. The van der Waals surface area contributed by atoms with E-state index in [9.17, 15) is 0 Å². The second-order valence-electron chi connectivity index (χ2n) is 4.16. The van der Waals surface area contributed by atoms with Crippen LogP contribution in [0.25, 0.3) is 0 Å². The number of para-hydroxylation sites is 2. The molecular formula is C15H18N2O2. The summed E-state index contributed by atoms with van der Waals surface area (Å²) in [5.41, 5.74) is 8.55. The lowest BCUT2D eigenvalue weighted by Gasteiger charge is -2.23. The van der Waals surface area contributed by atoms with Gasteiger partial charge in [0.2, 0.25) is 0 Å². The molecule has 0 aliphatic heterocycles. The molecule has 0 unspecified atom stereocenters. The Labute approximate surface area is 113 Å². The molecular weight excluding hydrogens is 240 g/mol. The minimum atomic E-state index is 0.689. The van der Waals surface area contributed by atoms with Gasteiger partial charge in [-0.25, -0.2) is 0 Å². The van der Waals surface area contributed by atoms with Gasteiger partial charge in [-0.15, -0.1) is 0 Å². The van der Waals surface area contributed by atoms with Crippen LogP contribution in [0.5, 0.6) is 11.5 Å². The molecule has 0 aliphatic rings. The quantitative estimate of drug-likeness (QED) is 0.856. The SMILES string of the molecule is COc1ccc(N)c(N(C)c2ccccc2OC)c1. The largest absolute Gasteiger partial charge is 0.497 e. The first-order valence-electron chi connectivity index (χ1n) is 5.97. The number of rotatable bonds is 4. The fourth-order valence-corrected chi connectivity index (χ4v) is 1.98. The fraction of sp³-hybridized carbons (Fsp3) is 0.200. The van der Waals surface area contributed by atoms with Gasteiger partial charge in [-0.05, 0) is 24.3 Å². The third-order valence-corrected chi connectivity index (χ3v) is 3.05. The van der Waals surface area contributed by atoms with Crippen molar-refractivity contribution in [3.63, 3.8) is 0 Å². The van der Waals surface area contributed by atoms with E-state index in [0.29, 0.717) is 5.69 Å². The van der Waals surface area contributed by atoms with Crippen molar-refractivity contribution in [2.75, 3.05) is 31.9 Å². The predicted octanol–water partition coefficient (Wildman–Crippen LogP) is 3.05. The number of hydrogen-bond donors (Lipinski definition) is 1. The average molecular weight is 258 g/mol. The zero-order valence-electron chi connectivity index (χ0n) is 11.4. The summed E-state index contributed by atoms with van der Waals surface area (Å²) in [7, 11) is 5.24. The van der Waals surface area contributed by atoms with Gasteiger partial charge in [0, 0.05) is 13.1 Å². The molecule has 4 nitrogen and oxygen atoms in total. The summed E-state index contributed by atoms with van der Waals surface area (Å²) in [6, 6.07) is 13.4. The van der Waals surface area contributed by atoms with Crippen LogP contribution < -0.4 is 20.1 Å². The summed E-state index contributed by atoms with van der Waals surface area (Å²) in [5.74, 6) is 1.57. The highest BCUT2D eigenvalue weighted by Crippen LogP contribution is 2.36. The molecule has 2 rings (SSSR count). The number of nitrogens with two attached hydrogens (primary N) is 1. The Kier molecular flexibility index (Phi) is 3.80. The number of nitrogens with zero attached hydrogens (tertiary/aromatic N) is 1. The van der Waals surface area contributed by atoms with Crippen molar-refractivity contribution >= 4 is 17.1 Å². The van der Waals surface area contributed by atoms with Gasteiger partial charge in [0.05, 0.1) is 31.3 Å². The summed E-state index contributed by atoms with van der Waals surface area (Å²) in [5, 5.41) is 0. The average Bonchev–Trinajstić information content (AvgIpc) is 2.47. The lowest BCUT2D eigenvalue weighted by Crippen LogP contribution is -2.12. The van der Waals surface area contributed by atoms with E-state index in [0.717, 1.165) is 22.9 Å². The Hall–Kier alpha value is -2.36. The van der Waals surface area contributed by atoms with Gasteiger partial charge in [-0.2, -0.15) is 0 Å². The van der Waals surface area contributed by atoms with Crippen molar-refractivity contribution in [3.05, 3.63) is 42.5 Å². The van der Waals surface area contributed by atoms with E-state index in [1.54, 1.807) is 14.2 Å². The molecule has 19 heavy (non-hydrogen) atoms. The van der Waals surface area contributed by atoms with Gasteiger partial charge < -0.3 is 20.1 Å². The second-order valence-corrected chi connectivity index (χ2v) is 4.16. The van der Waals surface area contributed by atoms with Crippen LogP contribution in [0.1, 0.15) is 0 Å². The summed E-state index contributed by atoms with van der Waals surface area (Å²) in [4.78, 5) is 1.98. The molecule has 100 valence electrons. The number of anilines is 3. The molecule has 0 atom stereocenters. The monoisotopic (exact) mass is 258 g/mol. The summed E-state index contributed by atoms with van der Waals surface area (Å²) in [6.07, 6.45) is 0. The van der Waals surface area contributed by atoms with E-state index in [-0.39, 0.29) is 0 Å². The van der Waals surface area contributed by atoms with Crippen LogP contribution in [-0.2, 0) is 0 Å². The maximum Gasteiger partial charge on any atom is 0.142 e. The van der Waals surface area contributed by atoms with Gasteiger partial charge in [0.1, 0.15) is 11.5 Å². The van der Waals surface area contributed by atoms with Crippen molar-refractivity contribution in [1.29, 1.82) is 0 Å². The van der Waals surface area contributed by atoms with Crippen molar-refractivity contribution in [2.45, 2.75) is 0 Å². The summed E-state index contributed by atoms with van der Waals surface area (Å²) < 4.78 is 10.6. The Morgan fingerprint density at radius 2 is 1.68 bits per heavy atom. The molecule has 4 heteroatoms. The minimum Gasteiger partial charge on any atom is -0.497 e. The molecule has 0 spiro atoms. The zero-order valence-corrected chi connectivity index (χ0v) is 11.4. The van der Waals surface area contributed by atoms with Crippen molar-refractivity contribution in [2.24, 2.45) is 0 Å². The standard InChI is InChI=1S/C15H18N2O2/c1-17(13-6-4-5-7-15(13)19-3)14-10-11(18-2)8-9-12(14)16/h4-10H,16H2,1-3H3. The van der Waals surface area contributed by atoms with Crippen molar-refractivity contribution in [3.8, 4) is 11.5 Å². The predicted molar refractivity (Wildman–Crippen MR) is 78.5 cm³/mol. The molecule has 0 amide bonds. The van der Waals surface area contributed by atoms with E-state index in [1.165, 1.54) is 0 Å². The minimum absolute atomic E-state index is 0.689. The van der Waals surface area contributed by atoms with E-state index >= 15 is 0 Å². The fourth-order valence-electron chi connectivity index (χ4n) is 1.98. The van der Waals surface area contributed by atoms with E-state index in [2.05, 4.69) is 0 Å². The van der Waals surface area contributed by atoms with Gasteiger partial charge in [0.25, 0.3) is 0 Å². The Balaban J connectivity index is 2.46. The molecule has 0 aliphatic carbocycles. The van der Waals surface area contributed by atoms with E-state index in [1.807, 2.05) is 54.4 Å². The lowest BCUT2D eigenvalue weighted by atomic mass is 10.2. The van der Waals surface area contributed by atoms with Crippen molar-refractivity contribution in [1.82, 2.24) is 0 Å². The van der Waals surface area contributed by atoms with Gasteiger partial charge in [0.15, 0.2) is 0 Å². The number of ether oxygens (including phenoxy) is 2. The van der Waals surface area contributed by atoms with Crippen molar-refractivity contribution < 1.29 is 9.47 Å². The van der Waals surface area contributed by atoms with E-state index in [4.69, 9.17) is 15.2 Å².